The first kappa shape index (κ1) is 12.7. The summed E-state index contributed by atoms with van der Waals surface area (Å²) in [6, 6.07) is 6.16. The van der Waals surface area contributed by atoms with Gasteiger partial charge < -0.3 is 10.2 Å². The third-order valence-electron chi connectivity index (χ3n) is 2.52. The van der Waals surface area contributed by atoms with Gasteiger partial charge in [-0.3, -0.25) is 0 Å². The van der Waals surface area contributed by atoms with Gasteiger partial charge in [0.05, 0.1) is 12.2 Å². The van der Waals surface area contributed by atoms with Gasteiger partial charge in [-0.2, -0.15) is 0 Å². The van der Waals surface area contributed by atoms with Crippen molar-refractivity contribution >= 4 is 15.9 Å². The lowest BCUT2D eigenvalue weighted by Gasteiger charge is -2.13. The molecule has 15 heavy (non-hydrogen) atoms. The summed E-state index contributed by atoms with van der Waals surface area (Å²) in [5, 5.41) is 18.6. The van der Waals surface area contributed by atoms with E-state index in [1.165, 1.54) is 11.1 Å². The lowest BCUT2D eigenvalue weighted by atomic mass is 10.0. The number of hydrogen-bond acceptors (Lipinski definition) is 2. The van der Waals surface area contributed by atoms with E-state index in [0.717, 1.165) is 10.9 Å². The molecule has 2 N–H and O–H groups in total. The maximum atomic E-state index is 9.45. The van der Waals surface area contributed by atoms with Crippen LogP contribution in [-0.2, 0) is 6.42 Å². The van der Waals surface area contributed by atoms with Crippen LogP contribution in [-0.4, -0.2) is 22.4 Å². The van der Waals surface area contributed by atoms with Crippen molar-refractivity contribution in [3.8, 4) is 0 Å². The minimum Gasteiger partial charge on any atom is -0.391 e. The van der Waals surface area contributed by atoms with Crippen molar-refractivity contribution < 1.29 is 10.2 Å². The van der Waals surface area contributed by atoms with E-state index in [1.807, 2.05) is 13.0 Å². The summed E-state index contributed by atoms with van der Waals surface area (Å²) >= 11 is 3.47. The van der Waals surface area contributed by atoms with Gasteiger partial charge in [-0.15, -0.1) is 0 Å². The molecule has 0 spiro atoms. The first-order valence-corrected chi connectivity index (χ1v) is 5.91. The molecule has 0 aliphatic rings. The molecule has 1 aromatic carbocycles. The van der Waals surface area contributed by atoms with E-state index in [1.54, 1.807) is 6.92 Å². The predicted octanol–water partition coefficient (Wildman–Crippen LogP) is 2.43. The van der Waals surface area contributed by atoms with Crippen LogP contribution in [0.3, 0.4) is 0 Å². The van der Waals surface area contributed by atoms with Crippen LogP contribution in [0.2, 0.25) is 0 Å². The second-order valence-electron chi connectivity index (χ2n) is 3.93. The fourth-order valence-corrected chi connectivity index (χ4v) is 1.77. The largest absolute Gasteiger partial charge is 0.391 e. The normalized spacial score (nSPS) is 15.0. The fraction of sp³-hybridized carbons (Fsp3) is 0.500. The van der Waals surface area contributed by atoms with Crippen LogP contribution in [0.15, 0.2) is 22.7 Å². The van der Waals surface area contributed by atoms with Crippen molar-refractivity contribution in [2.45, 2.75) is 38.9 Å². The first-order valence-electron chi connectivity index (χ1n) is 5.12. The summed E-state index contributed by atoms with van der Waals surface area (Å²) < 4.78 is 1.09. The maximum Gasteiger partial charge on any atom is 0.0799 e. The van der Waals surface area contributed by atoms with E-state index in [9.17, 15) is 5.11 Å². The maximum absolute atomic E-state index is 9.45. The summed E-state index contributed by atoms with van der Waals surface area (Å²) in [6.45, 7) is 3.65. The van der Waals surface area contributed by atoms with E-state index in [2.05, 4.69) is 28.1 Å². The van der Waals surface area contributed by atoms with Gasteiger partial charge in [0.25, 0.3) is 0 Å². The van der Waals surface area contributed by atoms with Gasteiger partial charge in [0, 0.05) is 4.47 Å². The third-order valence-corrected chi connectivity index (χ3v) is 3.38. The average molecular weight is 273 g/mol. The van der Waals surface area contributed by atoms with Crippen molar-refractivity contribution in [3.63, 3.8) is 0 Å². The number of rotatable bonds is 4. The third kappa shape index (κ3) is 3.93. The molecule has 0 bridgehead atoms. The van der Waals surface area contributed by atoms with E-state index < -0.39 is 12.2 Å². The van der Waals surface area contributed by atoms with Crippen molar-refractivity contribution in [2.75, 3.05) is 0 Å². The highest BCUT2D eigenvalue weighted by Gasteiger charge is 2.10. The Morgan fingerprint density at radius 2 is 2.00 bits per heavy atom. The van der Waals surface area contributed by atoms with Gasteiger partial charge in [0.1, 0.15) is 0 Å². The molecule has 2 atom stereocenters. The van der Waals surface area contributed by atoms with E-state index in [-0.39, 0.29) is 0 Å². The quantitative estimate of drug-likeness (QED) is 0.884. The van der Waals surface area contributed by atoms with Gasteiger partial charge in [0.15, 0.2) is 0 Å². The SMILES string of the molecule is Cc1ccc(CCC(O)C(C)O)cc1Br. The Hall–Kier alpha value is -0.380. The predicted molar refractivity (Wildman–Crippen MR) is 64.9 cm³/mol. The van der Waals surface area contributed by atoms with E-state index in [0.29, 0.717) is 6.42 Å². The molecule has 1 rings (SSSR count). The van der Waals surface area contributed by atoms with Crippen molar-refractivity contribution in [2.24, 2.45) is 0 Å². The summed E-state index contributed by atoms with van der Waals surface area (Å²) in [5.74, 6) is 0. The Balaban J connectivity index is 2.55. The molecule has 0 aromatic heterocycles. The average Bonchev–Trinajstić information content (AvgIpc) is 2.19. The van der Waals surface area contributed by atoms with Gasteiger partial charge in [-0.1, -0.05) is 28.1 Å². The van der Waals surface area contributed by atoms with Gasteiger partial charge in [-0.25, -0.2) is 0 Å². The smallest absolute Gasteiger partial charge is 0.0799 e. The standard InChI is InChI=1S/C12H17BrO2/c1-8-3-4-10(7-11(8)13)5-6-12(15)9(2)14/h3-4,7,9,12,14-15H,5-6H2,1-2H3. The van der Waals surface area contributed by atoms with E-state index in [4.69, 9.17) is 5.11 Å². The summed E-state index contributed by atoms with van der Waals surface area (Å²) in [4.78, 5) is 0. The molecule has 2 unspecified atom stereocenters. The lowest BCUT2D eigenvalue weighted by molar-refractivity contribution is 0.0265. The number of aryl methyl sites for hydroxylation is 2. The molecular weight excluding hydrogens is 256 g/mol. The number of halogens is 1. The minimum absolute atomic E-state index is 0.590. The number of benzene rings is 1. The first-order chi connectivity index (χ1) is 7.00. The zero-order chi connectivity index (χ0) is 11.4. The monoisotopic (exact) mass is 272 g/mol. The highest BCUT2D eigenvalue weighted by atomic mass is 79.9. The molecule has 0 heterocycles. The Morgan fingerprint density at radius 1 is 1.33 bits per heavy atom. The molecule has 0 amide bonds. The molecule has 0 saturated carbocycles. The Morgan fingerprint density at radius 3 is 2.53 bits per heavy atom. The van der Waals surface area contributed by atoms with Crippen LogP contribution in [0.4, 0.5) is 0 Å². The summed E-state index contributed by atoms with van der Waals surface area (Å²) in [7, 11) is 0. The summed E-state index contributed by atoms with van der Waals surface area (Å²) in [5.41, 5.74) is 2.38. The number of hydrogen-bond donors (Lipinski definition) is 2. The van der Waals surface area contributed by atoms with Crippen molar-refractivity contribution in [1.29, 1.82) is 0 Å². The molecule has 1 aromatic rings. The Bertz CT molecular complexity index is 323. The zero-order valence-corrected chi connectivity index (χ0v) is 10.7. The van der Waals surface area contributed by atoms with E-state index >= 15 is 0 Å². The second-order valence-corrected chi connectivity index (χ2v) is 4.78. The highest BCUT2D eigenvalue weighted by molar-refractivity contribution is 9.10. The van der Waals surface area contributed by atoms with Crippen LogP contribution < -0.4 is 0 Å². The molecule has 0 radical (unpaired) electrons. The molecule has 0 aliphatic carbocycles. The second kappa shape index (κ2) is 5.64. The van der Waals surface area contributed by atoms with Crippen LogP contribution in [0, 0.1) is 6.92 Å². The number of aliphatic hydroxyl groups excluding tert-OH is 2. The van der Waals surface area contributed by atoms with Crippen LogP contribution >= 0.6 is 15.9 Å². The molecule has 0 fully saturated rings. The van der Waals surface area contributed by atoms with Crippen LogP contribution in [0.1, 0.15) is 24.5 Å². The molecule has 3 heteroatoms. The minimum atomic E-state index is -0.654. The lowest BCUT2D eigenvalue weighted by Crippen LogP contribution is -2.22. The number of aliphatic hydroxyl groups is 2. The molecule has 2 nitrogen and oxygen atoms in total. The van der Waals surface area contributed by atoms with Crippen molar-refractivity contribution in [1.82, 2.24) is 0 Å². The van der Waals surface area contributed by atoms with Gasteiger partial charge >= 0.3 is 0 Å². The molecular formula is C12H17BrO2. The Labute approximate surface area is 99.1 Å². The molecule has 0 saturated heterocycles. The van der Waals surface area contributed by atoms with Gasteiger partial charge in [0.2, 0.25) is 0 Å². The molecule has 0 aliphatic heterocycles. The summed E-state index contributed by atoms with van der Waals surface area (Å²) in [6.07, 6.45) is 0.0851. The fourth-order valence-electron chi connectivity index (χ4n) is 1.35. The van der Waals surface area contributed by atoms with Gasteiger partial charge in [-0.05, 0) is 43.9 Å². The van der Waals surface area contributed by atoms with Crippen molar-refractivity contribution in [3.05, 3.63) is 33.8 Å². The highest BCUT2D eigenvalue weighted by Crippen LogP contribution is 2.18. The topological polar surface area (TPSA) is 40.5 Å². The van der Waals surface area contributed by atoms with Crippen LogP contribution in [0.25, 0.3) is 0 Å². The Kier molecular flexibility index (Phi) is 4.77. The zero-order valence-electron chi connectivity index (χ0n) is 9.07. The molecule has 84 valence electrons. The van der Waals surface area contributed by atoms with Crippen LogP contribution in [0.5, 0.6) is 0 Å².